The molecule has 3 rings (SSSR count). The van der Waals surface area contributed by atoms with Gasteiger partial charge in [-0.3, -0.25) is 0 Å². The number of nitrogens with one attached hydrogen (secondary N) is 1. The Labute approximate surface area is 114 Å². The van der Waals surface area contributed by atoms with Crippen LogP contribution in [0.2, 0.25) is 0 Å². The van der Waals surface area contributed by atoms with E-state index >= 15 is 0 Å². The second kappa shape index (κ2) is 4.87. The third kappa shape index (κ3) is 2.11. The number of benzene rings is 1. The first kappa shape index (κ1) is 12.5. The topological polar surface area (TPSA) is 38.3 Å². The second-order valence-electron chi connectivity index (χ2n) is 5.76. The number of esters is 1. The standard InChI is InChI=1S/C16H21NO2/c1-2-19-15(18)16(11-12-8-9-13(16)10-12)17-14-6-4-3-5-7-14/h3-7,12-13,17H,2,8-11H2,1H3. The van der Waals surface area contributed by atoms with Crippen molar-refractivity contribution in [3.05, 3.63) is 30.3 Å². The van der Waals surface area contributed by atoms with Crippen molar-refractivity contribution in [3.63, 3.8) is 0 Å². The number of anilines is 1. The Morgan fingerprint density at radius 2 is 2.16 bits per heavy atom. The average molecular weight is 259 g/mol. The van der Waals surface area contributed by atoms with E-state index in [2.05, 4.69) is 5.32 Å². The Balaban J connectivity index is 1.87. The van der Waals surface area contributed by atoms with Gasteiger partial charge in [0, 0.05) is 5.69 Å². The Kier molecular flexibility index (Phi) is 3.21. The van der Waals surface area contributed by atoms with E-state index in [1.807, 2.05) is 37.3 Å². The van der Waals surface area contributed by atoms with Gasteiger partial charge in [-0.25, -0.2) is 4.79 Å². The first-order valence-electron chi connectivity index (χ1n) is 7.25. The highest BCUT2D eigenvalue weighted by Crippen LogP contribution is 2.52. The van der Waals surface area contributed by atoms with Crippen molar-refractivity contribution in [1.82, 2.24) is 0 Å². The molecule has 3 atom stereocenters. The molecule has 102 valence electrons. The fourth-order valence-electron chi connectivity index (χ4n) is 3.82. The molecule has 0 saturated heterocycles. The van der Waals surface area contributed by atoms with Crippen LogP contribution in [0.15, 0.2) is 30.3 Å². The molecule has 3 unspecified atom stereocenters. The first-order valence-corrected chi connectivity index (χ1v) is 7.25. The predicted octanol–water partition coefficient (Wildman–Crippen LogP) is 3.22. The summed E-state index contributed by atoms with van der Waals surface area (Å²) in [5, 5.41) is 3.50. The minimum absolute atomic E-state index is 0.0638. The fraction of sp³-hybridized carbons (Fsp3) is 0.562. The van der Waals surface area contributed by atoms with Gasteiger partial charge in [0.25, 0.3) is 0 Å². The molecule has 0 aromatic heterocycles. The van der Waals surface area contributed by atoms with Gasteiger partial charge in [0.15, 0.2) is 0 Å². The number of hydrogen-bond donors (Lipinski definition) is 1. The molecule has 2 aliphatic carbocycles. The average Bonchev–Trinajstić information content (AvgIpc) is 3.01. The molecule has 19 heavy (non-hydrogen) atoms. The van der Waals surface area contributed by atoms with E-state index in [9.17, 15) is 4.79 Å². The zero-order valence-corrected chi connectivity index (χ0v) is 11.4. The molecule has 0 heterocycles. The van der Waals surface area contributed by atoms with Crippen LogP contribution in [-0.4, -0.2) is 18.1 Å². The van der Waals surface area contributed by atoms with Crippen molar-refractivity contribution in [2.75, 3.05) is 11.9 Å². The SMILES string of the molecule is CCOC(=O)C1(Nc2ccccc2)CC2CCC1C2. The molecule has 0 spiro atoms. The monoisotopic (exact) mass is 259 g/mol. The van der Waals surface area contributed by atoms with E-state index in [-0.39, 0.29) is 5.97 Å². The number of ether oxygens (including phenoxy) is 1. The van der Waals surface area contributed by atoms with Crippen molar-refractivity contribution in [2.24, 2.45) is 11.8 Å². The van der Waals surface area contributed by atoms with Gasteiger partial charge >= 0.3 is 5.97 Å². The van der Waals surface area contributed by atoms with Crippen LogP contribution in [0.3, 0.4) is 0 Å². The Bertz CT molecular complexity index is 459. The quantitative estimate of drug-likeness (QED) is 0.844. The smallest absolute Gasteiger partial charge is 0.332 e. The highest BCUT2D eigenvalue weighted by molar-refractivity contribution is 5.86. The van der Waals surface area contributed by atoms with E-state index in [1.54, 1.807) is 0 Å². The summed E-state index contributed by atoms with van der Waals surface area (Å²) >= 11 is 0. The Hall–Kier alpha value is -1.51. The molecule has 1 aromatic carbocycles. The van der Waals surface area contributed by atoms with Crippen molar-refractivity contribution in [3.8, 4) is 0 Å². The molecule has 2 aliphatic rings. The van der Waals surface area contributed by atoms with Crippen LogP contribution in [0.4, 0.5) is 5.69 Å². The minimum Gasteiger partial charge on any atom is -0.464 e. The molecule has 2 fully saturated rings. The maximum absolute atomic E-state index is 12.5. The number of carbonyl (C=O) groups is 1. The van der Waals surface area contributed by atoms with Crippen molar-refractivity contribution < 1.29 is 9.53 Å². The number of rotatable bonds is 4. The highest BCUT2D eigenvalue weighted by Gasteiger charge is 2.56. The van der Waals surface area contributed by atoms with Gasteiger partial charge in [-0.05, 0) is 56.6 Å². The maximum atomic E-state index is 12.5. The highest BCUT2D eigenvalue weighted by atomic mass is 16.5. The van der Waals surface area contributed by atoms with Crippen LogP contribution in [0.5, 0.6) is 0 Å². The van der Waals surface area contributed by atoms with Gasteiger partial charge in [-0.1, -0.05) is 18.2 Å². The fourth-order valence-corrected chi connectivity index (χ4v) is 3.82. The first-order chi connectivity index (χ1) is 9.24. The number of hydrogen-bond acceptors (Lipinski definition) is 3. The summed E-state index contributed by atoms with van der Waals surface area (Å²) in [6, 6.07) is 10.0. The van der Waals surface area contributed by atoms with Gasteiger partial charge in [-0.15, -0.1) is 0 Å². The Morgan fingerprint density at radius 1 is 1.37 bits per heavy atom. The molecular weight excluding hydrogens is 238 g/mol. The van der Waals surface area contributed by atoms with Gasteiger partial charge in [0.2, 0.25) is 0 Å². The van der Waals surface area contributed by atoms with E-state index in [4.69, 9.17) is 4.74 Å². The third-order valence-electron chi connectivity index (χ3n) is 4.63. The largest absolute Gasteiger partial charge is 0.464 e. The van der Waals surface area contributed by atoms with Gasteiger partial charge in [-0.2, -0.15) is 0 Å². The predicted molar refractivity (Wildman–Crippen MR) is 74.9 cm³/mol. The number of carbonyl (C=O) groups excluding carboxylic acids is 1. The van der Waals surface area contributed by atoms with Gasteiger partial charge < -0.3 is 10.1 Å². The summed E-state index contributed by atoms with van der Waals surface area (Å²) in [6.45, 7) is 2.33. The Morgan fingerprint density at radius 3 is 2.74 bits per heavy atom. The van der Waals surface area contributed by atoms with Crippen molar-refractivity contribution in [1.29, 1.82) is 0 Å². The lowest BCUT2D eigenvalue weighted by Gasteiger charge is -2.36. The summed E-state index contributed by atoms with van der Waals surface area (Å²) in [5.74, 6) is 1.05. The molecule has 0 amide bonds. The van der Waals surface area contributed by atoms with E-state index in [1.165, 1.54) is 12.8 Å². The maximum Gasteiger partial charge on any atom is 0.332 e. The van der Waals surface area contributed by atoms with Crippen molar-refractivity contribution >= 4 is 11.7 Å². The van der Waals surface area contributed by atoms with Crippen LogP contribution in [0.1, 0.15) is 32.6 Å². The van der Waals surface area contributed by atoms with E-state index in [0.717, 1.165) is 18.5 Å². The molecule has 1 N–H and O–H groups in total. The van der Waals surface area contributed by atoms with Gasteiger partial charge in [0.05, 0.1) is 6.61 Å². The lowest BCUT2D eigenvalue weighted by atomic mass is 9.80. The lowest BCUT2D eigenvalue weighted by Crippen LogP contribution is -2.51. The van der Waals surface area contributed by atoms with Crippen LogP contribution in [-0.2, 0) is 9.53 Å². The summed E-state index contributed by atoms with van der Waals surface area (Å²) in [6.07, 6.45) is 4.50. The lowest BCUT2D eigenvalue weighted by molar-refractivity contribution is -0.150. The van der Waals surface area contributed by atoms with Crippen LogP contribution < -0.4 is 5.32 Å². The van der Waals surface area contributed by atoms with E-state index < -0.39 is 5.54 Å². The molecule has 1 aromatic rings. The second-order valence-corrected chi connectivity index (χ2v) is 5.76. The zero-order chi connectivity index (χ0) is 13.3. The van der Waals surface area contributed by atoms with Crippen LogP contribution >= 0.6 is 0 Å². The van der Waals surface area contributed by atoms with Crippen LogP contribution in [0, 0.1) is 11.8 Å². The summed E-state index contributed by atoms with van der Waals surface area (Å²) in [7, 11) is 0. The third-order valence-corrected chi connectivity index (χ3v) is 4.63. The molecule has 3 nitrogen and oxygen atoms in total. The number of fused-ring (bicyclic) bond motifs is 2. The normalized spacial score (nSPS) is 32.3. The summed E-state index contributed by atoms with van der Waals surface area (Å²) in [4.78, 5) is 12.5. The summed E-state index contributed by atoms with van der Waals surface area (Å²) in [5.41, 5.74) is 0.531. The zero-order valence-electron chi connectivity index (χ0n) is 11.4. The van der Waals surface area contributed by atoms with E-state index in [0.29, 0.717) is 18.4 Å². The summed E-state index contributed by atoms with van der Waals surface area (Å²) < 4.78 is 5.35. The van der Waals surface area contributed by atoms with Gasteiger partial charge in [0.1, 0.15) is 5.54 Å². The molecular formula is C16H21NO2. The molecule has 2 saturated carbocycles. The van der Waals surface area contributed by atoms with Crippen molar-refractivity contribution in [2.45, 2.75) is 38.1 Å². The van der Waals surface area contributed by atoms with Crippen LogP contribution in [0.25, 0.3) is 0 Å². The molecule has 2 bridgehead atoms. The molecule has 0 radical (unpaired) electrons. The number of para-hydroxylation sites is 1. The molecule has 3 heteroatoms. The minimum atomic E-state index is -0.486. The molecule has 0 aliphatic heterocycles.